The van der Waals surface area contributed by atoms with Crippen molar-refractivity contribution in [2.45, 2.75) is 69.0 Å². The van der Waals surface area contributed by atoms with Crippen LogP contribution in [-0.2, 0) is 32.6 Å². The van der Waals surface area contributed by atoms with Crippen LogP contribution in [-0.4, -0.2) is 50.4 Å². The molecule has 5 rings (SSSR count). The minimum Gasteiger partial charge on any atom is -0.494 e. The Bertz CT molecular complexity index is 1780. The van der Waals surface area contributed by atoms with Crippen LogP contribution in [0.15, 0.2) is 108 Å². The maximum atomic E-state index is 14.6. The summed E-state index contributed by atoms with van der Waals surface area (Å²) in [5, 5.41) is 3.16. The zero-order chi connectivity index (χ0) is 34.8. The molecule has 1 saturated carbocycles. The molecule has 4 aromatic carbocycles. The summed E-state index contributed by atoms with van der Waals surface area (Å²) in [6, 6.07) is 24.5. The largest absolute Gasteiger partial charge is 0.494 e. The lowest BCUT2D eigenvalue weighted by Crippen LogP contribution is -2.55. The molecule has 8 nitrogen and oxygen atoms in total. The fourth-order valence-corrected chi connectivity index (χ4v) is 7.44. The molecule has 1 aliphatic rings. The topological polar surface area (TPSA) is 96.0 Å². The predicted octanol–water partition coefficient (Wildman–Crippen LogP) is 6.65. The molecule has 1 fully saturated rings. The van der Waals surface area contributed by atoms with Gasteiger partial charge in [-0.15, -0.1) is 0 Å². The first-order valence-corrected chi connectivity index (χ1v) is 18.0. The normalized spacial score (nSPS) is 14.1. The van der Waals surface area contributed by atoms with Crippen LogP contribution in [0.4, 0.5) is 14.5 Å². The summed E-state index contributed by atoms with van der Waals surface area (Å²) in [4.78, 5) is 29.9. The lowest BCUT2D eigenvalue weighted by molar-refractivity contribution is -0.140. The van der Waals surface area contributed by atoms with Gasteiger partial charge in [0.2, 0.25) is 11.8 Å². The van der Waals surface area contributed by atoms with Crippen molar-refractivity contribution in [3.05, 3.63) is 126 Å². The average molecular weight is 690 g/mol. The number of hydrogen-bond acceptors (Lipinski definition) is 5. The number of carbonyl (C=O) groups is 2. The van der Waals surface area contributed by atoms with E-state index in [-0.39, 0.29) is 35.5 Å². The van der Waals surface area contributed by atoms with Crippen molar-refractivity contribution in [1.29, 1.82) is 0 Å². The monoisotopic (exact) mass is 689 g/mol. The van der Waals surface area contributed by atoms with Crippen molar-refractivity contribution < 1.29 is 31.5 Å². The lowest BCUT2D eigenvalue weighted by atomic mass is 9.94. The molecular formula is C38H41F2N3O5S. The molecule has 0 aromatic heterocycles. The van der Waals surface area contributed by atoms with E-state index in [1.807, 2.05) is 37.3 Å². The number of halogens is 2. The lowest BCUT2D eigenvalue weighted by Gasteiger charge is -2.35. The van der Waals surface area contributed by atoms with Gasteiger partial charge in [-0.1, -0.05) is 61.7 Å². The van der Waals surface area contributed by atoms with Gasteiger partial charge in [-0.2, -0.15) is 0 Å². The molecule has 0 unspecified atom stereocenters. The van der Waals surface area contributed by atoms with Crippen LogP contribution in [0.2, 0.25) is 0 Å². The van der Waals surface area contributed by atoms with Gasteiger partial charge in [-0.25, -0.2) is 17.2 Å². The second kappa shape index (κ2) is 16.6. The summed E-state index contributed by atoms with van der Waals surface area (Å²) in [6.45, 7) is 1.47. The number of nitrogens with zero attached hydrogens (tertiary/aromatic N) is 2. The van der Waals surface area contributed by atoms with Gasteiger partial charge in [-0.05, 0) is 91.6 Å². The van der Waals surface area contributed by atoms with Gasteiger partial charge in [0.05, 0.1) is 17.2 Å². The molecule has 0 saturated heterocycles. The van der Waals surface area contributed by atoms with E-state index >= 15 is 0 Å². The Morgan fingerprint density at radius 1 is 0.816 bits per heavy atom. The standard InChI is InChI=1S/C38H41F2N3O5S/c1-2-48-34-21-19-33(20-22-34)43(49(46,47)35-23-17-31(40)18-24-35)27-37(44)42(26-29-13-15-30(39)16-14-29)36(25-28-9-5-3-6-10-28)38(45)41-32-11-7-4-8-12-32/h3,5-6,9-10,13-24,32,36H,2,4,7-8,11-12,25-27H2,1H3,(H,41,45)/t36-/m0/s1. The second-order valence-electron chi connectivity index (χ2n) is 12.1. The zero-order valence-corrected chi connectivity index (χ0v) is 28.2. The van der Waals surface area contributed by atoms with E-state index in [0.717, 1.165) is 66.2 Å². The van der Waals surface area contributed by atoms with Crippen LogP contribution in [0.5, 0.6) is 5.75 Å². The number of anilines is 1. The Kier molecular flexibility index (Phi) is 12.0. The Morgan fingerprint density at radius 3 is 2.04 bits per heavy atom. The van der Waals surface area contributed by atoms with Crippen LogP contribution in [0.25, 0.3) is 0 Å². The zero-order valence-electron chi connectivity index (χ0n) is 27.4. The highest BCUT2D eigenvalue weighted by molar-refractivity contribution is 7.92. The Balaban J connectivity index is 1.56. The first-order valence-electron chi connectivity index (χ1n) is 16.5. The van der Waals surface area contributed by atoms with Crippen molar-refractivity contribution in [3.63, 3.8) is 0 Å². The fraction of sp³-hybridized carbons (Fsp3) is 0.316. The summed E-state index contributed by atoms with van der Waals surface area (Å²) in [7, 11) is -4.40. The number of rotatable bonds is 14. The van der Waals surface area contributed by atoms with E-state index in [1.165, 1.54) is 41.3 Å². The quantitative estimate of drug-likeness (QED) is 0.160. The summed E-state index contributed by atoms with van der Waals surface area (Å²) in [5.41, 5.74) is 1.55. The minimum atomic E-state index is -4.40. The van der Waals surface area contributed by atoms with E-state index in [0.29, 0.717) is 17.9 Å². The van der Waals surface area contributed by atoms with Gasteiger partial charge in [0.25, 0.3) is 10.0 Å². The highest BCUT2D eigenvalue weighted by atomic mass is 32.2. The Hall–Kier alpha value is -4.77. The number of amides is 2. The van der Waals surface area contributed by atoms with Gasteiger partial charge >= 0.3 is 0 Å². The van der Waals surface area contributed by atoms with E-state index < -0.39 is 40.2 Å². The van der Waals surface area contributed by atoms with Crippen LogP contribution in [0, 0.1) is 11.6 Å². The molecule has 11 heteroatoms. The molecule has 2 amide bonds. The highest BCUT2D eigenvalue weighted by Crippen LogP contribution is 2.27. The number of sulfonamides is 1. The summed E-state index contributed by atoms with van der Waals surface area (Å²) < 4.78 is 62.5. The van der Waals surface area contributed by atoms with Gasteiger partial charge in [-0.3, -0.25) is 13.9 Å². The van der Waals surface area contributed by atoms with Crippen molar-refractivity contribution in [3.8, 4) is 5.75 Å². The van der Waals surface area contributed by atoms with Crippen LogP contribution >= 0.6 is 0 Å². The highest BCUT2D eigenvalue weighted by Gasteiger charge is 2.35. The number of ether oxygens (including phenoxy) is 1. The van der Waals surface area contributed by atoms with E-state index in [2.05, 4.69) is 5.32 Å². The van der Waals surface area contributed by atoms with Crippen molar-refractivity contribution in [2.24, 2.45) is 0 Å². The molecule has 4 aromatic rings. The third-order valence-electron chi connectivity index (χ3n) is 8.61. The average Bonchev–Trinajstić information content (AvgIpc) is 3.11. The number of hydrogen-bond donors (Lipinski definition) is 1. The Morgan fingerprint density at radius 2 is 1.43 bits per heavy atom. The third kappa shape index (κ3) is 9.44. The second-order valence-corrected chi connectivity index (χ2v) is 14.0. The molecule has 0 aliphatic heterocycles. The molecule has 1 aliphatic carbocycles. The van der Waals surface area contributed by atoms with E-state index in [9.17, 15) is 26.8 Å². The molecule has 258 valence electrons. The van der Waals surface area contributed by atoms with Gasteiger partial charge in [0, 0.05) is 19.0 Å². The first kappa shape index (κ1) is 35.5. The van der Waals surface area contributed by atoms with Gasteiger partial charge in [0.15, 0.2) is 0 Å². The molecule has 0 heterocycles. The van der Waals surface area contributed by atoms with Crippen LogP contribution in [0.3, 0.4) is 0 Å². The van der Waals surface area contributed by atoms with Gasteiger partial charge < -0.3 is 15.0 Å². The predicted molar refractivity (Wildman–Crippen MR) is 184 cm³/mol. The molecule has 0 spiro atoms. The van der Waals surface area contributed by atoms with E-state index in [4.69, 9.17) is 4.74 Å². The summed E-state index contributed by atoms with van der Waals surface area (Å²) in [6.07, 6.45) is 4.91. The molecular weight excluding hydrogens is 648 g/mol. The first-order chi connectivity index (χ1) is 23.6. The van der Waals surface area contributed by atoms with Gasteiger partial charge in [0.1, 0.15) is 30.0 Å². The number of nitrogens with one attached hydrogen (secondary N) is 1. The van der Waals surface area contributed by atoms with Crippen LogP contribution in [0.1, 0.15) is 50.2 Å². The molecule has 49 heavy (non-hydrogen) atoms. The fourth-order valence-electron chi connectivity index (χ4n) is 6.02. The molecule has 0 radical (unpaired) electrons. The maximum Gasteiger partial charge on any atom is 0.264 e. The van der Waals surface area contributed by atoms with Crippen molar-refractivity contribution in [2.75, 3.05) is 17.5 Å². The minimum absolute atomic E-state index is 0.0403. The maximum absolute atomic E-state index is 14.6. The number of carbonyl (C=O) groups excluding carboxylic acids is 2. The molecule has 0 bridgehead atoms. The van der Waals surface area contributed by atoms with Crippen molar-refractivity contribution in [1.82, 2.24) is 10.2 Å². The molecule has 1 N–H and O–H groups in total. The van der Waals surface area contributed by atoms with E-state index in [1.54, 1.807) is 12.1 Å². The number of benzene rings is 4. The summed E-state index contributed by atoms with van der Waals surface area (Å²) in [5.74, 6) is -1.55. The van der Waals surface area contributed by atoms with Crippen molar-refractivity contribution >= 4 is 27.5 Å². The summed E-state index contributed by atoms with van der Waals surface area (Å²) >= 11 is 0. The van der Waals surface area contributed by atoms with Crippen LogP contribution < -0.4 is 14.4 Å². The molecule has 1 atom stereocenters. The smallest absolute Gasteiger partial charge is 0.264 e. The SMILES string of the molecule is CCOc1ccc(N(CC(=O)N(Cc2ccc(F)cc2)[C@@H](Cc2ccccc2)C(=O)NC2CCCCC2)S(=O)(=O)c2ccc(F)cc2)cc1. The third-order valence-corrected chi connectivity index (χ3v) is 10.4. The Labute approximate surface area is 286 Å².